The summed E-state index contributed by atoms with van der Waals surface area (Å²) >= 11 is 0. The van der Waals surface area contributed by atoms with Gasteiger partial charge in [-0.05, 0) is 44.4 Å². The number of anilines is 1. The lowest BCUT2D eigenvalue weighted by Crippen LogP contribution is -2.33. The number of nitrogens with one attached hydrogen (secondary N) is 1. The number of primary amides is 1. The molecule has 0 radical (unpaired) electrons. The first-order valence-corrected chi connectivity index (χ1v) is 9.69. The molecule has 2 amide bonds. The summed E-state index contributed by atoms with van der Waals surface area (Å²) in [4.78, 5) is 30.0. The predicted octanol–water partition coefficient (Wildman–Crippen LogP) is 4.40. The molecule has 0 aliphatic heterocycles. The minimum absolute atomic E-state index is 0.0336. The molecule has 1 heterocycles. The summed E-state index contributed by atoms with van der Waals surface area (Å²) in [6.45, 7) is 6.33. The minimum atomic E-state index is -4.67. The molecule has 0 spiro atoms. The maximum absolute atomic E-state index is 13.7. The van der Waals surface area contributed by atoms with E-state index < -0.39 is 23.4 Å². The second-order valence-corrected chi connectivity index (χ2v) is 7.98. The summed E-state index contributed by atoms with van der Waals surface area (Å²) < 4.78 is 51.5. The largest absolute Gasteiger partial charge is 0.493 e. The number of hydrogen-bond acceptors (Lipinski definition) is 6. The molecular weight excluding hydrogens is 429 g/mol. The highest BCUT2D eigenvalue weighted by molar-refractivity contribution is 5.88. The van der Waals surface area contributed by atoms with E-state index >= 15 is 0 Å². The molecule has 0 fully saturated rings. The number of ether oxygens (including phenoxy) is 2. The first kappa shape index (κ1) is 24.9. The van der Waals surface area contributed by atoms with Crippen LogP contribution in [0.4, 0.5) is 23.8 Å². The van der Waals surface area contributed by atoms with Crippen molar-refractivity contribution in [3.63, 3.8) is 0 Å². The monoisotopic (exact) mass is 454 g/mol. The average molecular weight is 454 g/mol. The zero-order valence-corrected chi connectivity index (χ0v) is 18.1. The molecule has 0 aliphatic rings. The van der Waals surface area contributed by atoms with Gasteiger partial charge in [0.2, 0.25) is 5.91 Å². The van der Waals surface area contributed by atoms with Crippen LogP contribution in [0, 0.1) is 5.92 Å². The number of carbonyl (C=O) groups excluding carboxylic acids is 2. The summed E-state index contributed by atoms with van der Waals surface area (Å²) in [5, 5.41) is 2.46. The van der Waals surface area contributed by atoms with E-state index in [-0.39, 0.29) is 41.3 Å². The van der Waals surface area contributed by atoms with Gasteiger partial charge < -0.3 is 20.5 Å². The summed E-state index contributed by atoms with van der Waals surface area (Å²) in [6, 6.07) is 4.96. The van der Waals surface area contributed by atoms with Crippen LogP contribution < -0.4 is 15.8 Å². The molecular formula is C21H25F3N4O4. The molecule has 0 bridgehead atoms. The molecule has 0 saturated carbocycles. The lowest BCUT2D eigenvalue weighted by atomic mass is 9.95. The van der Waals surface area contributed by atoms with Crippen molar-refractivity contribution >= 4 is 17.8 Å². The quantitative estimate of drug-likeness (QED) is 0.611. The van der Waals surface area contributed by atoms with Gasteiger partial charge in [-0.15, -0.1) is 0 Å². The fourth-order valence-corrected chi connectivity index (χ4v) is 3.24. The Morgan fingerprint density at radius 1 is 1.19 bits per heavy atom. The molecule has 2 rings (SSSR count). The number of amides is 2. The van der Waals surface area contributed by atoms with Crippen LogP contribution in [0.5, 0.6) is 5.75 Å². The number of benzene rings is 1. The SMILES string of the molecule is CC(=O)Nc1cc(-c2ccc(OC[C@@H](C)CC(C)(C)OC(N)=O)c(C(F)(F)F)c2)ncn1. The summed E-state index contributed by atoms with van der Waals surface area (Å²) in [6.07, 6.45) is -4.11. The Labute approximate surface area is 183 Å². The number of alkyl halides is 3. The van der Waals surface area contributed by atoms with E-state index in [1.165, 1.54) is 25.1 Å². The van der Waals surface area contributed by atoms with Crippen molar-refractivity contribution < 1.29 is 32.2 Å². The van der Waals surface area contributed by atoms with Crippen molar-refractivity contribution in [2.45, 2.75) is 45.9 Å². The van der Waals surface area contributed by atoms with Gasteiger partial charge in [0.05, 0.1) is 17.9 Å². The van der Waals surface area contributed by atoms with Gasteiger partial charge >= 0.3 is 12.3 Å². The highest BCUT2D eigenvalue weighted by Gasteiger charge is 2.35. The number of nitrogens with zero attached hydrogens (tertiary/aromatic N) is 2. The van der Waals surface area contributed by atoms with Gasteiger partial charge in [-0.25, -0.2) is 14.8 Å². The van der Waals surface area contributed by atoms with Gasteiger partial charge in [0.15, 0.2) is 0 Å². The molecule has 0 aliphatic carbocycles. The van der Waals surface area contributed by atoms with Crippen molar-refractivity contribution in [1.29, 1.82) is 0 Å². The topological polar surface area (TPSA) is 116 Å². The Hall–Kier alpha value is -3.37. The van der Waals surface area contributed by atoms with E-state index in [9.17, 15) is 22.8 Å². The third kappa shape index (κ3) is 7.40. The number of halogens is 3. The highest BCUT2D eigenvalue weighted by Crippen LogP contribution is 2.39. The predicted molar refractivity (Wildman–Crippen MR) is 111 cm³/mol. The van der Waals surface area contributed by atoms with Crippen LogP contribution in [0.1, 0.15) is 39.7 Å². The Morgan fingerprint density at radius 2 is 1.88 bits per heavy atom. The Kier molecular flexibility index (Phi) is 7.65. The first-order valence-electron chi connectivity index (χ1n) is 9.69. The molecule has 0 saturated heterocycles. The van der Waals surface area contributed by atoms with Crippen LogP contribution in [0.25, 0.3) is 11.3 Å². The molecule has 0 unspecified atom stereocenters. The van der Waals surface area contributed by atoms with Gasteiger partial charge in [0.1, 0.15) is 23.5 Å². The summed E-state index contributed by atoms with van der Waals surface area (Å²) in [5.74, 6) is -0.760. The molecule has 1 aromatic heterocycles. The smallest absolute Gasteiger partial charge is 0.419 e. The Morgan fingerprint density at radius 3 is 2.47 bits per heavy atom. The fraction of sp³-hybridized carbons (Fsp3) is 0.429. The fourth-order valence-electron chi connectivity index (χ4n) is 3.24. The number of carbonyl (C=O) groups is 2. The highest BCUT2D eigenvalue weighted by atomic mass is 19.4. The normalized spacial score (nSPS) is 12.7. The van der Waals surface area contributed by atoms with E-state index in [1.807, 2.05) is 0 Å². The van der Waals surface area contributed by atoms with Crippen LogP contribution in [0.15, 0.2) is 30.6 Å². The number of nitrogens with two attached hydrogens (primary N) is 1. The third-order valence-corrected chi connectivity index (χ3v) is 4.29. The van der Waals surface area contributed by atoms with Crippen LogP contribution in [-0.2, 0) is 15.7 Å². The van der Waals surface area contributed by atoms with Crippen molar-refractivity contribution in [2.75, 3.05) is 11.9 Å². The van der Waals surface area contributed by atoms with Crippen LogP contribution in [-0.4, -0.2) is 34.2 Å². The zero-order chi connectivity index (χ0) is 24.1. The maximum atomic E-state index is 13.7. The van der Waals surface area contributed by atoms with Crippen molar-refractivity contribution in [3.05, 3.63) is 36.2 Å². The molecule has 1 aromatic carbocycles. The van der Waals surface area contributed by atoms with Crippen LogP contribution in [0.3, 0.4) is 0 Å². The first-order chi connectivity index (χ1) is 14.8. The second-order valence-electron chi connectivity index (χ2n) is 7.98. The molecule has 174 valence electrons. The molecule has 32 heavy (non-hydrogen) atoms. The van der Waals surface area contributed by atoms with E-state index in [2.05, 4.69) is 15.3 Å². The van der Waals surface area contributed by atoms with E-state index in [0.717, 1.165) is 12.4 Å². The average Bonchev–Trinajstić information content (AvgIpc) is 2.63. The van der Waals surface area contributed by atoms with Gasteiger partial charge in [0.25, 0.3) is 0 Å². The van der Waals surface area contributed by atoms with Gasteiger partial charge in [0, 0.05) is 18.6 Å². The molecule has 3 N–H and O–H groups in total. The van der Waals surface area contributed by atoms with E-state index in [0.29, 0.717) is 6.42 Å². The number of hydrogen-bond donors (Lipinski definition) is 2. The van der Waals surface area contributed by atoms with E-state index in [4.69, 9.17) is 15.2 Å². The Bertz CT molecular complexity index is 980. The second kappa shape index (κ2) is 9.84. The Balaban J connectivity index is 2.23. The molecule has 11 heteroatoms. The van der Waals surface area contributed by atoms with Crippen molar-refractivity contribution in [3.8, 4) is 17.0 Å². The summed E-state index contributed by atoms with van der Waals surface area (Å²) in [7, 11) is 0. The lowest BCUT2D eigenvalue weighted by Gasteiger charge is -2.27. The number of aromatic nitrogens is 2. The van der Waals surface area contributed by atoms with Crippen molar-refractivity contribution in [2.24, 2.45) is 11.7 Å². The number of rotatable bonds is 8. The maximum Gasteiger partial charge on any atom is 0.419 e. The lowest BCUT2D eigenvalue weighted by molar-refractivity contribution is -0.139. The third-order valence-electron chi connectivity index (χ3n) is 4.29. The summed E-state index contributed by atoms with van der Waals surface area (Å²) in [5.41, 5.74) is 3.58. The standard InChI is InChI=1S/C21H25F3N4O4/c1-12(9-20(3,4)32-19(25)30)10-31-17-6-5-14(7-15(17)21(22,23)24)16-8-18(27-11-26-16)28-13(2)29/h5-8,11-12H,9-10H2,1-4H3,(H2,25,30)(H,26,27,28,29)/t12-/m0/s1. The molecule has 2 aromatic rings. The van der Waals surface area contributed by atoms with Crippen LogP contribution >= 0.6 is 0 Å². The molecule has 8 nitrogen and oxygen atoms in total. The van der Waals surface area contributed by atoms with Crippen molar-refractivity contribution in [1.82, 2.24) is 9.97 Å². The minimum Gasteiger partial charge on any atom is -0.493 e. The van der Waals surface area contributed by atoms with Crippen LogP contribution in [0.2, 0.25) is 0 Å². The van der Waals surface area contributed by atoms with Gasteiger partial charge in [-0.2, -0.15) is 13.2 Å². The molecule has 1 atom stereocenters. The van der Waals surface area contributed by atoms with E-state index in [1.54, 1.807) is 20.8 Å². The van der Waals surface area contributed by atoms with Gasteiger partial charge in [-0.3, -0.25) is 4.79 Å². The zero-order valence-electron chi connectivity index (χ0n) is 18.1. The van der Waals surface area contributed by atoms with Gasteiger partial charge in [-0.1, -0.05) is 6.92 Å².